The smallest absolute Gasteiger partial charge is 0.338 e. The van der Waals surface area contributed by atoms with Crippen molar-refractivity contribution < 1.29 is 29.0 Å². The average Bonchev–Trinajstić information content (AvgIpc) is 3.17. The third-order valence-corrected chi connectivity index (χ3v) is 6.04. The van der Waals surface area contributed by atoms with E-state index in [1.165, 1.54) is 11.0 Å². The van der Waals surface area contributed by atoms with Crippen LogP contribution in [0.25, 0.3) is 5.76 Å². The van der Waals surface area contributed by atoms with E-state index in [9.17, 15) is 19.5 Å². The van der Waals surface area contributed by atoms with E-state index < -0.39 is 23.7 Å². The SMILES string of the molecule is CCCOC(=O)c1cccc(N2C(=O)C(=O)/C(=C(/O)c3ccc(OCC)cc3)C2c2cccc(C)c2)c1. The lowest BCUT2D eigenvalue weighted by atomic mass is 9.94. The van der Waals surface area contributed by atoms with Crippen molar-refractivity contribution in [3.8, 4) is 5.75 Å². The molecule has 0 radical (unpaired) electrons. The van der Waals surface area contributed by atoms with Gasteiger partial charge in [0.1, 0.15) is 11.5 Å². The molecule has 1 amide bonds. The van der Waals surface area contributed by atoms with Gasteiger partial charge in [0, 0.05) is 11.3 Å². The largest absolute Gasteiger partial charge is 0.507 e. The number of benzene rings is 3. The summed E-state index contributed by atoms with van der Waals surface area (Å²) in [6.07, 6.45) is 0.680. The van der Waals surface area contributed by atoms with E-state index in [0.717, 1.165) is 5.56 Å². The van der Waals surface area contributed by atoms with Crippen molar-refractivity contribution >= 4 is 29.1 Å². The fraction of sp³-hybridized carbons (Fsp3) is 0.233. The number of esters is 1. The Morgan fingerprint density at radius 3 is 2.35 bits per heavy atom. The molecule has 7 heteroatoms. The Morgan fingerprint density at radius 1 is 0.946 bits per heavy atom. The maximum Gasteiger partial charge on any atom is 0.338 e. The van der Waals surface area contributed by atoms with Crippen molar-refractivity contribution in [2.45, 2.75) is 33.2 Å². The zero-order chi connectivity index (χ0) is 26.5. The van der Waals surface area contributed by atoms with Gasteiger partial charge in [-0.3, -0.25) is 14.5 Å². The minimum absolute atomic E-state index is 0.0290. The standard InChI is InChI=1S/C30H29NO6/c1-4-16-37-30(35)22-10-7-11-23(18-22)31-26(21-9-6-8-19(3)17-21)25(28(33)29(31)34)27(32)20-12-14-24(15-13-20)36-5-2/h6-15,17-18,26,32H,4-5,16H2,1-3H3/b27-25+. The van der Waals surface area contributed by atoms with Crippen molar-refractivity contribution in [2.24, 2.45) is 0 Å². The Hall–Kier alpha value is -4.39. The van der Waals surface area contributed by atoms with Gasteiger partial charge in [-0.25, -0.2) is 4.79 Å². The lowest BCUT2D eigenvalue weighted by Crippen LogP contribution is -2.29. The molecule has 1 N–H and O–H groups in total. The molecule has 0 bridgehead atoms. The van der Waals surface area contributed by atoms with Crippen LogP contribution >= 0.6 is 0 Å². The van der Waals surface area contributed by atoms with Gasteiger partial charge in [-0.05, 0) is 68.3 Å². The first kappa shape index (κ1) is 25.7. The number of hydrogen-bond acceptors (Lipinski definition) is 6. The van der Waals surface area contributed by atoms with Crippen LogP contribution in [0.2, 0.25) is 0 Å². The second-order valence-electron chi connectivity index (χ2n) is 8.73. The molecule has 4 rings (SSSR count). The molecule has 1 saturated heterocycles. The van der Waals surface area contributed by atoms with E-state index in [1.807, 2.05) is 39.0 Å². The number of Topliss-reactive ketones (excluding diaryl/α,β-unsaturated/α-hetero) is 1. The van der Waals surface area contributed by atoms with E-state index in [2.05, 4.69) is 0 Å². The molecule has 1 aliphatic rings. The maximum atomic E-state index is 13.4. The number of amides is 1. The first-order valence-corrected chi connectivity index (χ1v) is 12.2. The highest BCUT2D eigenvalue weighted by Gasteiger charge is 2.47. The van der Waals surface area contributed by atoms with Crippen LogP contribution in [0.1, 0.15) is 53.4 Å². The molecule has 3 aromatic carbocycles. The molecule has 37 heavy (non-hydrogen) atoms. The second-order valence-corrected chi connectivity index (χ2v) is 8.73. The Balaban J connectivity index is 1.85. The molecule has 0 saturated carbocycles. The number of ketones is 1. The van der Waals surface area contributed by atoms with E-state index in [-0.39, 0.29) is 23.5 Å². The summed E-state index contributed by atoms with van der Waals surface area (Å²) in [5.74, 6) is -1.77. The van der Waals surface area contributed by atoms with Gasteiger partial charge < -0.3 is 14.6 Å². The lowest BCUT2D eigenvalue weighted by Gasteiger charge is -2.26. The van der Waals surface area contributed by atoms with Crippen molar-refractivity contribution in [1.82, 2.24) is 0 Å². The molecule has 7 nitrogen and oxygen atoms in total. The summed E-state index contributed by atoms with van der Waals surface area (Å²) in [5.41, 5.74) is 2.56. The van der Waals surface area contributed by atoms with E-state index in [0.29, 0.717) is 35.6 Å². The van der Waals surface area contributed by atoms with Gasteiger partial charge in [0.2, 0.25) is 0 Å². The summed E-state index contributed by atoms with van der Waals surface area (Å²) in [5, 5.41) is 11.3. The van der Waals surface area contributed by atoms with Crippen molar-refractivity contribution in [2.75, 3.05) is 18.1 Å². The van der Waals surface area contributed by atoms with E-state index >= 15 is 0 Å². The van der Waals surface area contributed by atoms with Crippen LogP contribution in [0.5, 0.6) is 5.75 Å². The predicted octanol–water partition coefficient (Wildman–Crippen LogP) is 5.59. The molecule has 3 aromatic rings. The predicted molar refractivity (Wildman–Crippen MR) is 141 cm³/mol. The number of hydrogen-bond donors (Lipinski definition) is 1. The van der Waals surface area contributed by atoms with Crippen LogP contribution < -0.4 is 9.64 Å². The minimum Gasteiger partial charge on any atom is -0.507 e. The highest BCUT2D eigenvalue weighted by Crippen LogP contribution is 2.42. The second kappa shape index (κ2) is 11.1. The lowest BCUT2D eigenvalue weighted by molar-refractivity contribution is -0.132. The summed E-state index contributed by atoms with van der Waals surface area (Å²) in [6, 6.07) is 19.6. The summed E-state index contributed by atoms with van der Waals surface area (Å²) in [4.78, 5) is 40.6. The van der Waals surface area contributed by atoms with Gasteiger partial charge in [-0.2, -0.15) is 0 Å². The summed E-state index contributed by atoms with van der Waals surface area (Å²) in [6.45, 7) is 6.45. The number of aliphatic hydroxyl groups excluding tert-OH is 1. The third-order valence-electron chi connectivity index (χ3n) is 6.04. The Kier molecular flexibility index (Phi) is 7.72. The summed E-state index contributed by atoms with van der Waals surface area (Å²) < 4.78 is 10.7. The Labute approximate surface area is 215 Å². The average molecular weight is 500 g/mol. The van der Waals surface area contributed by atoms with E-state index in [4.69, 9.17) is 9.47 Å². The van der Waals surface area contributed by atoms with Crippen molar-refractivity contribution in [1.29, 1.82) is 0 Å². The fourth-order valence-corrected chi connectivity index (χ4v) is 4.35. The first-order chi connectivity index (χ1) is 17.8. The van der Waals surface area contributed by atoms with Crippen LogP contribution in [0.4, 0.5) is 5.69 Å². The number of rotatable bonds is 8. The van der Waals surface area contributed by atoms with Gasteiger partial charge >= 0.3 is 5.97 Å². The normalized spacial score (nSPS) is 16.6. The molecule has 1 atom stereocenters. The van der Waals surface area contributed by atoms with Gasteiger partial charge in [-0.1, -0.05) is 42.8 Å². The molecule has 1 aliphatic heterocycles. The topological polar surface area (TPSA) is 93.1 Å². The molecule has 1 heterocycles. The van der Waals surface area contributed by atoms with Gasteiger partial charge in [0.25, 0.3) is 11.7 Å². The first-order valence-electron chi connectivity index (χ1n) is 12.2. The molecule has 0 spiro atoms. The molecule has 0 aromatic heterocycles. The number of nitrogens with zero attached hydrogens (tertiary/aromatic N) is 1. The zero-order valence-electron chi connectivity index (χ0n) is 21.1. The van der Waals surface area contributed by atoms with Crippen LogP contribution in [-0.4, -0.2) is 36.0 Å². The molecule has 1 fully saturated rings. The quantitative estimate of drug-likeness (QED) is 0.188. The zero-order valence-corrected chi connectivity index (χ0v) is 21.1. The number of aliphatic hydroxyl groups is 1. The molecular weight excluding hydrogens is 470 g/mol. The van der Waals surface area contributed by atoms with E-state index in [1.54, 1.807) is 48.5 Å². The van der Waals surface area contributed by atoms with Crippen molar-refractivity contribution in [3.63, 3.8) is 0 Å². The fourth-order valence-electron chi connectivity index (χ4n) is 4.35. The highest BCUT2D eigenvalue weighted by molar-refractivity contribution is 6.51. The van der Waals surface area contributed by atoms with Crippen LogP contribution in [-0.2, 0) is 14.3 Å². The van der Waals surface area contributed by atoms with Crippen LogP contribution in [0.3, 0.4) is 0 Å². The minimum atomic E-state index is -0.895. The monoisotopic (exact) mass is 499 g/mol. The number of anilines is 1. The third kappa shape index (κ3) is 5.26. The van der Waals surface area contributed by atoms with Crippen LogP contribution in [0, 0.1) is 6.92 Å². The highest BCUT2D eigenvalue weighted by atomic mass is 16.5. The Bertz CT molecular complexity index is 1360. The van der Waals surface area contributed by atoms with Crippen molar-refractivity contribution in [3.05, 3.63) is 101 Å². The number of ether oxygens (including phenoxy) is 2. The molecule has 190 valence electrons. The summed E-state index contributed by atoms with van der Waals surface area (Å²) in [7, 11) is 0. The number of carbonyl (C=O) groups excluding carboxylic acids is 3. The molecule has 0 aliphatic carbocycles. The van der Waals surface area contributed by atoms with Gasteiger partial charge in [0.15, 0.2) is 0 Å². The Morgan fingerprint density at radius 2 is 1.68 bits per heavy atom. The van der Waals surface area contributed by atoms with Gasteiger partial charge in [-0.15, -0.1) is 0 Å². The molecule has 1 unspecified atom stereocenters. The van der Waals surface area contributed by atoms with Gasteiger partial charge in [0.05, 0.1) is 30.4 Å². The number of aryl methyl sites for hydroxylation is 1. The maximum absolute atomic E-state index is 13.4. The molecular formula is C30H29NO6. The summed E-state index contributed by atoms with van der Waals surface area (Å²) >= 11 is 0. The number of carbonyl (C=O) groups is 3. The van der Waals surface area contributed by atoms with Crippen LogP contribution in [0.15, 0.2) is 78.4 Å².